The van der Waals surface area contributed by atoms with Crippen LogP contribution >= 0.6 is 0 Å². The molecule has 1 aromatic heterocycles. The van der Waals surface area contributed by atoms with Gasteiger partial charge in [-0.1, -0.05) is 13.8 Å². The number of nitrogens with zero attached hydrogens (tertiary/aromatic N) is 2. The number of nitrogens with one attached hydrogen (secondary N) is 1. The summed E-state index contributed by atoms with van der Waals surface area (Å²) < 4.78 is 5.43. The second-order valence-corrected chi connectivity index (χ2v) is 4.72. The summed E-state index contributed by atoms with van der Waals surface area (Å²) in [4.78, 5) is 14.3. The van der Waals surface area contributed by atoms with Gasteiger partial charge in [-0.05, 0) is 12.0 Å². The van der Waals surface area contributed by atoms with Gasteiger partial charge in [0, 0.05) is 24.7 Å². The molecule has 0 aliphatic heterocycles. The zero-order chi connectivity index (χ0) is 14.0. The highest BCUT2D eigenvalue weighted by Crippen LogP contribution is 2.23. The molecule has 7 nitrogen and oxygen atoms in total. The number of hydrogen-bond acceptors (Lipinski definition) is 6. The SMILES string of the molecule is CC(C)C(N)CNc1nc2cc([N+](=O)[O-])ccc2o1. The lowest BCUT2D eigenvalue weighted by atomic mass is 10.1. The molecule has 0 spiro atoms. The standard InChI is InChI=1S/C12H16N4O3/c1-7(2)9(13)6-14-12-15-10-5-8(16(17)18)3-4-11(10)19-12/h3-5,7,9H,6,13H2,1-2H3,(H,14,15). The molecule has 0 fully saturated rings. The molecular formula is C12H16N4O3. The van der Waals surface area contributed by atoms with E-state index in [-0.39, 0.29) is 11.7 Å². The zero-order valence-corrected chi connectivity index (χ0v) is 10.8. The van der Waals surface area contributed by atoms with Gasteiger partial charge in [0.15, 0.2) is 5.58 Å². The van der Waals surface area contributed by atoms with E-state index in [0.717, 1.165) is 0 Å². The first-order valence-electron chi connectivity index (χ1n) is 6.02. The molecule has 1 heterocycles. The highest BCUT2D eigenvalue weighted by atomic mass is 16.6. The van der Waals surface area contributed by atoms with E-state index in [0.29, 0.717) is 29.6 Å². The number of oxazole rings is 1. The molecule has 0 radical (unpaired) electrons. The van der Waals surface area contributed by atoms with Crippen molar-refractivity contribution in [3.8, 4) is 0 Å². The first-order chi connectivity index (χ1) is 8.97. The van der Waals surface area contributed by atoms with E-state index in [2.05, 4.69) is 10.3 Å². The van der Waals surface area contributed by atoms with Crippen molar-refractivity contribution >= 4 is 22.8 Å². The Balaban J connectivity index is 2.15. The Morgan fingerprint density at radius 2 is 2.26 bits per heavy atom. The third-order valence-electron chi connectivity index (χ3n) is 2.93. The number of anilines is 1. The Kier molecular flexibility index (Phi) is 3.66. The van der Waals surface area contributed by atoms with Gasteiger partial charge in [0.1, 0.15) is 5.52 Å². The Morgan fingerprint density at radius 1 is 1.53 bits per heavy atom. The summed E-state index contributed by atoms with van der Waals surface area (Å²) >= 11 is 0. The van der Waals surface area contributed by atoms with E-state index in [4.69, 9.17) is 10.2 Å². The molecule has 2 rings (SSSR count). The van der Waals surface area contributed by atoms with E-state index < -0.39 is 4.92 Å². The van der Waals surface area contributed by atoms with Crippen LogP contribution in [0.2, 0.25) is 0 Å². The average Bonchev–Trinajstić information content (AvgIpc) is 2.77. The van der Waals surface area contributed by atoms with Crippen LogP contribution in [-0.2, 0) is 0 Å². The first-order valence-corrected chi connectivity index (χ1v) is 6.02. The van der Waals surface area contributed by atoms with Gasteiger partial charge < -0.3 is 15.5 Å². The number of nitro benzene ring substituents is 1. The molecule has 102 valence electrons. The molecule has 3 N–H and O–H groups in total. The molecule has 0 bridgehead atoms. The van der Waals surface area contributed by atoms with Gasteiger partial charge in [-0.3, -0.25) is 10.1 Å². The molecular weight excluding hydrogens is 248 g/mol. The molecule has 19 heavy (non-hydrogen) atoms. The second-order valence-electron chi connectivity index (χ2n) is 4.72. The normalized spacial score (nSPS) is 12.8. The topological polar surface area (TPSA) is 107 Å². The van der Waals surface area contributed by atoms with Crippen LogP contribution in [0.25, 0.3) is 11.1 Å². The average molecular weight is 264 g/mol. The predicted molar refractivity (Wildman–Crippen MR) is 72.0 cm³/mol. The number of hydrogen-bond donors (Lipinski definition) is 2. The van der Waals surface area contributed by atoms with Crippen LogP contribution in [0.1, 0.15) is 13.8 Å². The molecule has 1 unspecified atom stereocenters. The monoisotopic (exact) mass is 264 g/mol. The van der Waals surface area contributed by atoms with E-state index in [1.54, 1.807) is 0 Å². The fourth-order valence-electron chi connectivity index (χ4n) is 1.55. The van der Waals surface area contributed by atoms with Gasteiger partial charge in [0.2, 0.25) is 0 Å². The molecule has 0 aliphatic rings. The minimum absolute atomic E-state index is 0.00812. The maximum Gasteiger partial charge on any atom is 0.295 e. The summed E-state index contributed by atoms with van der Waals surface area (Å²) in [6.07, 6.45) is 0. The van der Waals surface area contributed by atoms with Crippen LogP contribution < -0.4 is 11.1 Å². The molecule has 7 heteroatoms. The van der Waals surface area contributed by atoms with Crippen molar-refractivity contribution in [2.45, 2.75) is 19.9 Å². The number of nitro groups is 1. The van der Waals surface area contributed by atoms with Crippen molar-refractivity contribution < 1.29 is 9.34 Å². The van der Waals surface area contributed by atoms with E-state index in [9.17, 15) is 10.1 Å². The predicted octanol–water partition coefficient (Wildman–Crippen LogP) is 2.13. The van der Waals surface area contributed by atoms with Crippen molar-refractivity contribution in [3.63, 3.8) is 0 Å². The largest absolute Gasteiger partial charge is 0.424 e. The Hall–Kier alpha value is -2.15. The van der Waals surface area contributed by atoms with Crippen molar-refractivity contribution in [2.75, 3.05) is 11.9 Å². The summed E-state index contributed by atoms with van der Waals surface area (Å²) in [6.45, 7) is 4.59. The van der Waals surface area contributed by atoms with E-state index in [1.807, 2.05) is 13.8 Å². The van der Waals surface area contributed by atoms with Gasteiger partial charge in [-0.2, -0.15) is 4.98 Å². The Morgan fingerprint density at radius 3 is 2.89 bits per heavy atom. The second kappa shape index (κ2) is 5.23. The van der Waals surface area contributed by atoms with Crippen molar-refractivity contribution in [3.05, 3.63) is 28.3 Å². The maximum atomic E-state index is 10.7. The summed E-state index contributed by atoms with van der Waals surface area (Å²) in [5.74, 6) is 0.345. The van der Waals surface area contributed by atoms with E-state index in [1.165, 1.54) is 18.2 Å². The number of non-ortho nitro benzene ring substituents is 1. The molecule has 0 saturated carbocycles. The van der Waals surface area contributed by atoms with Crippen LogP contribution in [0.5, 0.6) is 0 Å². The lowest BCUT2D eigenvalue weighted by Crippen LogP contribution is -2.34. The summed E-state index contributed by atoms with van der Waals surface area (Å²) in [7, 11) is 0. The summed E-state index contributed by atoms with van der Waals surface area (Å²) in [6, 6.07) is 4.62. The highest BCUT2D eigenvalue weighted by Gasteiger charge is 2.13. The van der Waals surface area contributed by atoms with Gasteiger partial charge in [0.25, 0.3) is 11.7 Å². The lowest BCUT2D eigenvalue weighted by Gasteiger charge is -2.14. The van der Waals surface area contributed by atoms with Crippen LogP contribution in [0.4, 0.5) is 11.7 Å². The number of rotatable bonds is 5. The van der Waals surface area contributed by atoms with E-state index >= 15 is 0 Å². The number of nitrogens with two attached hydrogens (primary N) is 1. The van der Waals surface area contributed by atoms with Crippen molar-refractivity contribution in [1.29, 1.82) is 0 Å². The number of fused-ring (bicyclic) bond motifs is 1. The summed E-state index contributed by atoms with van der Waals surface area (Å²) in [5.41, 5.74) is 6.85. The van der Waals surface area contributed by atoms with Crippen LogP contribution in [0.3, 0.4) is 0 Å². The molecule has 0 saturated heterocycles. The minimum atomic E-state index is -0.462. The molecule has 1 atom stereocenters. The van der Waals surface area contributed by atoms with Gasteiger partial charge in [-0.25, -0.2) is 0 Å². The minimum Gasteiger partial charge on any atom is -0.424 e. The number of aromatic nitrogens is 1. The van der Waals surface area contributed by atoms with Crippen LogP contribution in [-0.4, -0.2) is 22.5 Å². The van der Waals surface area contributed by atoms with Crippen LogP contribution in [0, 0.1) is 16.0 Å². The molecule has 1 aromatic carbocycles. The van der Waals surface area contributed by atoms with Gasteiger partial charge in [0.05, 0.1) is 4.92 Å². The zero-order valence-electron chi connectivity index (χ0n) is 10.8. The highest BCUT2D eigenvalue weighted by molar-refractivity contribution is 5.77. The third kappa shape index (κ3) is 3.00. The molecule has 0 aliphatic carbocycles. The smallest absolute Gasteiger partial charge is 0.295 e. The quantitative estimate of drug-likeness (QED) is 0.632. The van der Waals surface area contributed by atoms with Gasteiger partial charge in [-0.15, -0.1) is 0 Å². The van der Waals surface area contributed by atoms with Crippen molar-refractivity contribution in [1.82, 2.24) is 4.98 Å². The Labute approximate surface area is 109 Å². The molecule has 0 amide bonds. The summed E-state index contributed by atoms with van der Waals surface area (Å²) in [5, 5.41) is 13.6. The van der Waals surface area contributed by atoms with Crippen LogP contribution in [0.15, 0.2) is 22.6 Å². The number of benzene rings is 1. The molecule has 2 aromatic rings. The lowest BCUT2D eigenvalue weighted by molar-refractivity contribution is -0.384. The third-order valence-corrected chi connectivity index (χ3v) is 2.93. The van der Waals surface area contributed by atoms with Crippen molar-refractivity contribution in [2.24, 2.45) is 11.7 Å². The first kappa shape index (κ1) is 13.3. The fourth-order valence-corrected chi connectivity index (χ4v) is 1.55. The van der Waals surface area contributed by atoms with Gasteiger partial charge >= 0.3 is 0 Å². The maximum absolute atomic E-state index is 10.7. The fraction of sp³-hybridized carbons (Fsp3) is 0.417. The Bertz CT molecular complexity index is 594.